The minimum absolute atomic E-state index is 0.892. The second-order valence-electron chi connectivity index (χ2n) is 4.99. The number of hydrogen-bond acceptors (Lipinski definition) is 6. The number of hydrogen-bond donors (Lipinski definition) is 1. The van der Waals surface area contributed by atoms with Gasteiger partial charge in [0.2, 0.25) is 0 Å². The first-order valence-electron chi connectivity index (χ1n) is 7.02. The summed E-state index contributed by atoms with van der Waals surface area (Å²) >= 11 is 3.37. The zero-order valence-electron chi connectivity index (χ0n) is 12.3. The summed E-state index contributed by atoms with van der Waals surface area (Å²) in [5.41, 5.74) is 3.05. The van der Waals surface area contributed by atoms with Crippen LogP contribution in [0, 0.1) is 6.92 Å². The number of thiazole rings is 1. The highest BCUT2D eigenvalue weighted by Crippen LogP contribution is 2.31. The smallest absolute Gasteiger partial charge is 0.187 e. The van der Waals surface area contributed by atoms with E-state index in [0.717, 1.165) is 22.2 Å². The van der Waals surface area contributed by atoms with Crippen LogP contribution < -0.4 is 5.32 Å². The Morgan fingerprint density at radius 1 is 1.00 bits per heavy atom. The van der Waals surface area contributed by atoms with Crippen LogP contribution in [0.3, 0.4) is 0 Å². The van der Waals surface area contributed by atoms with Crippen LogP contribution in [0.25, 0.3) is 16.3 Å². The normalized spacial score (nSPS) is 10.8. The Hall–Kier alpha value is -2.51. The molecule has 3 aromatic heterocycles. The van der Waals surface area contributed by atoms with Gasteiger partial charge in [-0.1, -0.05) is 0 Å². The maximum atomic E-state index is 4.65. The molecule has 114 valence electrons. The maximum absolute atomic E-state index is 4.65. The second kappa shape index (κ2) is 5.94. The van der Waals surface area contributed by atoms with Crippen LogP contribution in [0.1, 0.15) is 4.88 Å². The lowest BCUT2D eigenvalue weighted by atomic mass is 10.3. The van der Waals surface area contributed by atoms with Gasteiger partial charge in [-0.05, 0) is 43.3 Å². The van der Waals surface area contributed by atoms with Crippen LogP contribution in [0.15, 0.2) is 54.4 Å². The van der Waals surface area contributed by atoms with E-state index in [1.165, 1.54) is 9.75 Å². The van der Waals surface area contributed by atoms with E-state index < -0.39 is 0 Å². The van der Waals surface area contributed by atoms with Crippen molar-refractivity contribution in [3.63, 3.8) is 0 Å². The van der Waals surface area contributed by atoms with Crippen molar-refractivity contribution in [3.05, 3.63) is 59.3 Å². The molecule has 0 saturated carbocycles. The average Bonchev–Trinajstić information content (AvgIpc) is 3.29. The molecule has 0 radical (unpaired) electrons. The van der Waals surface area contributed by atoms with Crippen molar-refractivity contribution in [2.24, 2.45) is 0 Å². The monoisotopic (exact) mass is 339 g/mol. The molecule has 0 aliphatic heterocycles. The highest BCUT2D eigenvalue weighted by Gasteiger charge is 2.07. The van der Waals surface area contributed by atoms with E-state index in [-0.39, 0.29) is 0 Å². The van der Waals surface area contributed by atoms with Crippen LogP contribution in [-0.4, -0.2) is 19.7 Å². The van der Waals surface area contributed by atoms with Crippen molar-refractivity contribution < 1.29 is 0 Å². The molecule has 0 unspecified atom stereocenters. The third-order valence-corrected chi connectivity index (χ3v) is 5.11. The van der Waals surface area contributed by atoms with E-state index in [2.05, 4.69) is 44.9 Å². The van der Waals surface area contributed by atoms with Gasteiger partial charge in [-0.2, -0.15) is 0 Å². The molecular formula is C16H13N5S2. The Morgan fingerprint density at radius 2 is 1.78 bits per heavy atom. The van der Waals surface area contributed by atoms with Gasteiger partial charge in [0.25, 0.3) is 0 Å². The summed E-state index contributed by atoms with van der Waals surface area (Å²) in [5, 5.41) is 13.9. The molecule has 23 heavy (non-hydrogen) atoms. The van der Waals surface area contributed by atoms with E-state index in [9.17, 15) is 0 Å². The maximum Gasteiger partial charge on any atom is 0.187 e. The fourth-order valence-electron chi connectivity index (χ4n) is 2.19. The number of benzene rings is 1. The van der Waals surface area contributed by atoms with E-state index >= 15 is 0 Å². The molecule has 0 aliphatic rings. The SMILES string of the molecule is Cc1ccc(-c2csc(Nc3ccc(-n4cnnc4)cc3)n2)s1. The minimum atomic E-state index is 0.892. The second-order valence-corrected chi connectivity index (χ2v) is 7.14. The third-order valence-electron chi connectivity index (χ3n) is 3.33. The van der Waals surface area contributed by atoms with E-state index in [1.54, 1.807) is 35.3 Å². The molecule has 4 rings (SSSR count). The first-order chi connectivity index (χ1) is 11.3. The fourth-order valence-corrected chi connectivity index (χ4v) is 3.82. The van der Waals surface area contributed by atoms with Crippen molar-refractivity contribution in [1.82, 2.24) is 19.7 Å². The van der Waals surface area contributed by atoms with Gasteiger partial charge in [0, 0.05) is 21.6 Å². The van der Waals surface area contributed by atoms with Crippen molar-refractivity contribution in [3.8, 4) is 16.3 Å². The van der Waals surface area contributed by atoms with Crippen molar-refractivity contribution in [2.75, 3.05) is 5.32 Å². The highest BCUT2D eigenvalue weighted by atomic mass is 32.1. The topological polar surface area (TPSA) is 55.6 Å². The summed E-state index contributed by atoms with van der Waals surface area (Å²) in [6.07, 6.45) is 3.36. The summed E-state index contributed by atoms with van der Waals surface area (Å²) in [6.45, 7) is 2.11. The Bertz CT molecular complexity index is 906. The number of aromatic nitrogens is 4. The third kappa shape index (κ3) is 3.01. The zero-order valence-corrected chi connectivity index (χ0v) is 13.9. The standard InChI is InChI=1S/C16H13N5S2/c1-11-2-7-15(23-11)14-8-22-16(20-14)19-12-3-5-13(6-4-12)21-9-17-18-10-21/h2-10H,1H3,(H,19,20). The largest absolute Gasteiger partial charge is 0.332 e. The molecule has 1 aromatic carbocycles. The predicted octanol–water partition coefficient (Wildman–Crippen LogP) is 4.50. The Morgan fingerprint density at radius 3 is 2.48 bits per heavy atom. The van der Waals surface area contributed by atoms with Crippen molar-refractivity contribution in [2.45, 2.75) is 6.92 Å². The Balaban J connectivity index is 1.51. The number of anilines is 2. The van der Waals surface area contributed by atoms with Crippen LogP contribution in [0.2, 0.25) is 0 Å². The Labute approximate surface area is 141 Å². The van der Waals surface area contributed by atoms with Gasteiger partial charge in [-0.3, -0.25) is 4.57 Å². The molecule has 0 bridgehead atoms. The molecule has 0 spiro atoms. The molecule has 0 aliphatic carbocycles. The van der Waals surface area contributed by atoms with Crippen LogP contribution in [0.4, 0.5) is 10.8 Å². The fraction of sp³-hybridized carbons (Fsp3) is 0.0625. The van der Waals surface area contributed by atoms with Crippen molar-refractivity contribution in [1.29, 1.82) is 0 Å². The van der Waals surface area contributed by atoms with E-state index in [4.69, 9.17) is 0 Å². The molecule has 7 heteroatoms. The molecule has 5 nitrogen and oxygen atoms in total. The van der Waals surface area contributed by atoms with Crippen LogP contribution >= 0.6 is 22.7 Å². The van der Waals surface area contributed by atoms with E-state index in [1.807, 2.05) is 28.8 Å². The molecule has 0 saturated heterocycles. The summed E-state index contributed by atoms with van der Waals surface area (Å²) in [4.78, 5) is 7.16. The number of aryl methyl sites for hydroxylation is 1. The first kappa shape index (κ1) is 14.1. The van der Waals surface area contributed by atoms with Crippen LogP contribution in [0.5, 0.6) is 0 Å². The van der Waals surface area contributed by atoms with Crippen LogP contribution in [-0.2, 0) is 0 Å². The quantitative estimate of drug-likeness (QED) is 0.594. The van der Waals surface area contributed by atoms with Gasteiger partial charge in [-0.25, -0.2) is 4.98 Å². The lowest BCUT2D eigenvalue weighted by Gasteiger charge is -2.04. The number of thiophene rings is 1. The Kier molecular flexibility index (Phi) is 3.64. The molecule has 4 aromatic rings. The first-order valence-corrected chi connectivity index (χ1v) is 8.72. The van der Waals surface area contributed by atoms with Gasteiger partial charge < -0.3 is 5.32 Å². The summed E-state index contributed by atoms with van der Waals surface area (Å²) in [5.74, 6) is 0. The average molecular weight is 339 g/mol. The predicted molar refractivity (Wildman–Crippen MR) is 94.8 cm³/mol. The summed E-state index contributed by atoms with van der Waals surface area (Å²) < 4.78 is 1.87. The van der Waals surface area contributed by atoms with Crippen molar-refractivity contribution >= 4 is 33.5 Å². The van der Waals surface area contributed by atoms with Gasteiger partial charge >= 0.3 is 0 Å². The molecule has 0 amide bonds. The van der Waals surface area contributed by atoms with Gasteiger partial charge in [-0.15, -0.1) is 32.9 Å². The zero-order chi connectivity index (χ0) is 15.6. The molecule has 0 fully saturated rings. The lowest BCUT2D eigenvalue weighted by Crippen LogP contribution is -1.92. The number of rotatable bonds is 4. The number of nitrogens with one attached hydrogen (secondary N) is 1. The molecular weight excluding hydrogens is 326 g/mol. The minimum Gasteiger partial charge on any atom is -0.332 e. The highest BCUT2D eigenvalue weighted by molar-refractivity contribution is 7.17. The van der Waals surface area contributed by atoms with Gasteiger partial charge in [0.15, 0.2) is 5.13 Å². The molecule has 1 N–H and O–H groups in total. The van der Waals surface area contributed by atoms with Gasteiger partial charge in [0.1, 0.15) is 12.7 Å². The molecule has 3 heterocycles. The number of nitrogens with zero attached hydrogens (tertiary/aromatic N) is 4. The van der Waals surface area contributed by atoms with Gasteiger partial charge in [0.05, 0.1) is 10.6 Å². The lowest BCUT2D eigenvalue weighted by molar-refractivity contribution is 1.06. The summed E-state index contributed by atoms with van der Waals surface area (Å²) in [6, 6.07) is 12.3. The molecule has 0 atom stereocenters. The van der Waals surface area contributed by atoms with E-state index in [0.29, 0.717) is 0 Å². The summed E-state index contributed by atoms with van der Waals surface area (Å²) in [7, 11) is 0.